The number of halogens is 2. The number of carbonyl (C=O) groups is 2. The number of carbonyl (C=O) groups excluding carboxylic acids is 2. The van der Waals surface area contributed by atoms with E-state index < -0.39 is 5.91 Å². The lowest BCUT2D eigenvalue weighted by Gasteiger charge is -2.13. The van der Waals surface area contributed by atoms with Crippen molar-refractivity contribution in [2.75, 3.05) is 6.61 Å². The largest absolute Gasteiger partial charge is 0.483 e. The van der Waals surface area contributed by atoms with E-state index in [4.69, 9.17) is 17.0 Å². The number of hydrogen-bond acceptors (Lipinski definition) is 4. The lowest BCUT2D eigenvalue weighted by atomic mass is 10.1. The van der Waals surface area contributed by atoms with Crippen molar-refractivity contribution in [2.24, 2.45) is 0 Å². The van der Waals surface area contributed by atoms with Gasteiger partial charge in [-0.2, -0.15) is 0 Å². The van der Waals surface area contributed by atoms with Crippen LogP contribution < -0.4 is 20.9 Å². The number of amides is 2. The monoisotopic (exact) mass is 557 g/mol. The van der Waals surface area contributed by atoms with Crippen LogP contribution in [0.1, 0.15) is 45.4 Å². The summed E-state index contributed by atoms with van der Waals surface area (Å²) in [6, 6.07) is 9.62. The summed E-state index contributed by atoms with van der Waals surface area (Å²) in [6.07, 6.45) is 5.74. The van der Waals surface area contributed by atoms with Crippen LogP contribution in [0.25, 0.3) is 10.8 Å². The van der Waals surface area contributed by atoms with Gasteiger partial charge in [0.2, 0.25) is 5.91 Å². The van der Waals surface area contributed by atoms with Crippen molar-refractivity contribution in [1.29, 1.82) is 0 Å². The highest BCUT2D eigenvalue weighted by Gasteiger charge is 2.10. The van der Waals surface area contributed by atoms with Crippen molar-refractivity contribution in [2.45, 2.75) is 45.4 Å². The summed E-state index contributed by atoms with van der Waals surface area (Å²) in [5, 5.41) is 4.63. The van der Waals surface area contributed by atoms with Crippen molar-refractivity contribution < 1.29 is 14.3 Å². The highest BCUT2D eigenvalue weighted by atomic mass is 79.9. The van der Waals surface area contributed by atoms with E-state index in [-0.39, 0.29) is 17.6 Å². The Morgan fingerprint density at radius 3 is 2.53 bits per heavy atom. The molecular weight excluding hydrogens is 534 g/mol. The zero-order valence-electron chi connectivity index (χ0n) is 16.7. The number of hydrazine groups is 1. The van der Waals surface area contributed by atoms with E-state index in [2.05, 4.69) is 55.0 Å². The number of thiocarbonyl (C=S) groups is 1. The fourth-order valence-electron chi connectivity index (χ4n) is 2.77. The SMILES string of the molecule is CCCCCCCC(=O)NC(=S)NNC(=O)COc1ccc2cc(Br)ccc2c1Br. The quantitative estimate of drug-likeness (QED) is 0.226. The molecule has 2 rings (SSSR count). The number of nitrogens with one attached hydrogen (secondary N) is 3. The number of ether oxygens (including phenoxy) is 1. The van der Waals surface area contributed by atoms with Crippen LogP contribution in [0.3, 0.4) is 0 Å². The Kier molecular flexibility index (Phi) is 10.5. The molecule has 9 heteroatoms. The maximum absolute atomic E-state index is 12.0. The zero-order chi connectivity index (χ0) is 21.9. The highest BCUT2D eigenvalue weighted by Crippen LogP contribution is 2.34. The molecule has 0 aromatic heterocycles. The van der Waals surface area contributed by atoms with Crippen LogP contribution in [0.15, 0.2) is 39.3 Å². The van der Waals surface area contributed by atoms with Gasteiger partial charge in [-0.1, -0.05) is 60.7 Å². The molecule has 0 aliphatic rings. The third-order valence-corrected chi connectivity index (χ3v) is 5.83. The average molecular weight is 559 g/mol. The predicted molar refractivity (Wildman–Crippen MR) is 130 cm³/mol. The molecule has 0 saturated heterocycles. The Morgan fingerprint density at radius 2 is 1.77 bits per heavy atom. The fourth-order valence-corrected chi connectivity index (χ4v) is 3.92. The second kappa shape index (κ2) is 12.9. The molecule has 6 nitrogen and oxygen atoms in total. The fraction of sp³-hybridized carbons (Fsp3) is 0.381. The molecule has 0 aliphatic carbocycles. The maximum atomic E-state index is 12.0. The van der Waals surface area contributed by atoms with Gasteiger partial charge in [0.1, 0.15) is 5.75 Å². The maximum Gasteiger partial charge on any atom is 0.276 e. The number of fused-ring (bicyclic) bond motifs is 1. The summed E-state index contributed by atoms with van der Waals surface area (Å²) in [7, 11) is 0. The number of unbranched alkanes of at least 4 members (excludes halogenated alkanes) is 4. The second-order valence-corrected chi connectivity index (χ2v) is 8.86. The minimum atomic E-state index is -0.422. The number of hydrogen-bond donors (Lipinski definition) is 3. The van der Waals surface area contributed by atoms with Gasteiger partial charge in [-0.15, -0.1) is 0 Å². The molecule has 0 fully saturated rings. The summed E-state index contributed by atoms with van der Waals surface area (Å²) in [4.78, 5) is 23.8. The first-order valence-electron chi connectivity index (χ1n) is 9.80. The first-order chi connectivity index (χ1) is 14.4. The smallest absolute Gasteiger partial charge is 0.276 e. The number of rotatable bonds is 9. The van der Waals surface area contributed by atoms with E-state index in [1.165, 1.54) is 12.8 Å². The summed E-state index contributed by atoms with van der Waals surface area (Å²) in [5.74, 6) is -0.0332. The van der Waals surface area contributed by atoms with Crippen LogP contribution in [-0.4, -0.2) is 23.5 Å². The predicted octanol–water partition coefficient (Wildman–Crippen LogP) is 5.13. The van der Waals surface area contributed by atoms with Gasteiger partial charge in [-0.25, -0.2) is 0 Å². The van der Waals surface area contributed by atoms with Gasteiger partial charge in [0.15, 0.2) is 11.7 Å². The molecule has 0 spiro atoms. The van der Waals surface area contributed by atoms with Crippen LogP contribution in [-0.2, 0) is 9.59 Å². The third-order valence-electron chi connectivity index (χ3n) is 4.32. The lowest BCUT2D eigenvalue weighted by molar-refractivity contribution is -0.124. The molecule has 30 heavy (non-hydrogen) atoms. The Balaban J connectivity index is 1.71. The Hall–Kier alpha value is -1.71. The summed E-state index contributed by atoms with van der Waals surface area (Å²) in [5.41, 5.74) is 4.93. The van der Waals surface area contributed by atoms with Gasteiger partial charge >= 0.3 is 0 Å². The second-order valence-electron chi connectivity index (χ2n) is 6.75. The van der Waals surface area contributed by atoms with Crippen molar-refractivity contribution in [1.82, 2.24) is 16.2 Å². The van der Waals surface area contributed by atoms with Gasteiger partial charge in [-0.3, -0.25) is 20.4 Å². The molecule has 2 aromatic rings. The summed E-state index contributed by atoms with van der Waals surface area (Å²) in [6.45, 7) is 1.94. The highest BCUT2D eigenvalue weighted by molar-refractivity contribution is 9.11. The van der Waals surface area contributed by atoms with Crippen molar-refractivity contribution >= 4 is 71.8 Å². The van der Waals surface area contributed by atoms with Crippen LogP contribution in [0.4, 0.5) is 0 Å². The standard InChI is InChI=1S/C21H25Br2N3O3S/c1-2-3-4-5-6-7-18(27)24-21(30)26-25-19(28)13-29-17-11-8-14-12-15(22)9-10-16(14)20(17)23/h8-12H,2-7,13H2,1H3,(H,25,28)(H2,24,26,27,30). The van der Waals surface area contributed by atoms with Gasteiger partial charge in [0, 0.05) is 10.9 Å². The van der Waals surface area contributed by atoms with Gasteiger partial charge < -0.3 is 10.1 Å². The van der Waals surface area contributed by atoms with Crippen LogP contribution >= 0.6 is 44.1 Å². The first kappa shape index (κ1) is 24.6. The van der Waals surface area contributed by atoms with Gasteiger partial charge in [0.05, 0.1) is 4.47 Å². The van der Waals surface area contributed by atoms with E-state index in [1.807, 2.05) is 24.3 Å². The van der Waals surface area contributed by atoms with Crippen molar-refractivity contribution in [3.05, 3.63) is 39.3 Å². The topological polar surface area (TPSA) is 79.5 Å². The molecule has 0 heterocycles. The molecule has 0 atom stereocenters. The minimum Gasteiger partial charge on any atom is -0.483 e. The first-order valence-corrected chi connectivity index (χ1v) is 11.8. The molecule has 0 aliphatic heterocycles. The van der Waals surface area contributed by atoms with Gasteiger partial charge in [0.25, 0.3) is 5.91 Å². The van der Waals surface area contributed by atoms with E-state index in [9.17, 15) is 9.59 Å². The zero-order valence-corrected chi connectivity index (χ0v) is 20.7. The van der Waals surface area contributed by atoms with E-state index >= 15 is 0 Å². The molecule has 3 N–H and O–H groups in total. The van der Waals surface area contributed by atoms with Crippen LogP contribution in [0, 0.1) is 0 Å². The normalized spacial score (nSPS) is 10.5. The Labute approximate surface area is 198 Å². The Bertz CT molecular complexity index is 908. The molecule has 2 amide bonds. The molecule has 0 saturated carbocycles. The minimum absolute atomic E-state index is 0.0550. The van der Waals surface area contributed by atoms with E-state index in [0.717, 1.165) is 39.0 Å². The molecule has 2 aromatic carbocycles. The van der Waals surface area contributed by atoms with E-state index in [1.54, 1.807) is 6.07 Å². The van der Waals surface area contributed by atoms with Crippen molar-refractivity contribution in [3.8, 4) is 5.75 Å². The Morgan fingerprint density at radius 1 is 1.00 bits per heavy atom. The summed E-state index contributed by atoms with van der Waals surface area (Å²) >= 11 is 12.0. The molecule has 0 radical (unpaired) electrons. The van der Waals surface area contributed by atoms with Crippen molar-refractivity contribution in [3.63, 3.8) is 0 Å². The molecule has 0 bridgehead atoms. The molecule has 0 unspecified atom stereocenters. The van der Waals surface area contributed by atoms with Gasteiger partial charge in [-0.05, 0) is 63.5 Å². The third kappa shape index (κ3) is 8.20. The lowest BCUT2D eigenvalue weighted by Crippen LogP contribution is -2.49. The summed E-state index contributed by atoms with van der Waals surface area (Å²) < 4.78 is 7.35. The van der Waals surface area contributed by atoms with E-state index in [0.29, 0.717) is 12.2 Å². The molecular formula is C21H25Br2N3O3S. The van der Waals surface area contributed by atoms with Crippen LogP contribution in [0.5, 0.6) is 5.75 Å². The molecule has 162 valence electrons. The van der Waals surface area contributed by atoms with Crippen LogP contribution in [0.2, 0.25) is 0 Å². The average Bonchev–Trinajstić information content (AvgIpc) is 2.71. The number of benzene rings is 2.